The number of imidazole rings is 1. The van der Waals surface area contributed by atoms with Crippen molar-refractivity contribution in [1.82, 2.24) is 19.5 Å². The summed E-state index contributed by atoms with van der Waals surface area (Å²) in [5.74, 6) is 1.39. The summed E-state index contributed by atoms with van der Waals surface area (Å²) in [5.41, 5.74) is 1.69. The lowest BCUT2D eigenvalue weighted by atomic mass is 10.2. The van der Waals surface area contributed by atoms with Gasteiger partial charge in [-0.1, -0.05) is 35.9 Å². The first-order chi connectivity index (χ1) is 10.8. The Balaban J connectivity index is 2.04. The van der Waals surface area contributed by atoms with Crippen molar-refractivity contribution in [2.45, 2.75) is 0 Å². The molecule has 106 valence electrons. The van der Waals surface area contributed by atoms with Gasteiger partial charge in [-0.15, -0.1) is 0 Å². The molecule has 0 aliphatic heterocycles. The van der Waals surface area contributed by atoms with E-state index in [-0.39, 0.29) is 0 Å². The summed E-state index contributed by atoms with van der Waals surface area (Å²) in [5, 5.41) is 1.60. The third-order valence-corrected chi connectivity index (χ3v) is 3.78. The molecule has 0 aliphatic rings. The molecular formula is C17H11ClN4. The van der Waals surface area contributed by atoms with Crippen molar-refractivity contribution in [3.05, 3.63) is 72.3 Å². The van der Waals surface area contributed by atoms with Crippen LogP contribution in [0.5, 0.6) is 0 Å². The summed E-state index contributed by atoms with van der Waals surface area (Å²) in [6.07, 6.45) is 5.32. The highest BCUT2D eigenvalue weighted by molar-refractivity contribution is 6.33. The van der Waals surface area contributed by atoms with Gasteiger partial charge in [0, 0.05) is 23.3 Å². The molecule has 0 aliphatic carbocycles. The number of para-hydroxylation sites is 1. The molecule has 4 aromatic rings. The van der Waals surface area contributed by atoms with Crippen molar-refractivity contribution in [1.29, 1.82) is 0 Å². The minimum absolute atomic E-state index is 0.605. The van der Waals surface area contributed by atoms with Gasteiger partial charge < -0.3 is 0 Å². The maximum Gasteiger partial charge on any atom is 0.163 e. The van der Waals surface area contributed by atoms with Crippen molar-refractivity contribution < 1.29 is 0 Å². The third-order valence-electron chi connectivity index (χ3n) is 3.45. The lowest BCUT2D eigenvalue weighted by Crippen LogP contribution is -2.00. The van der Waals surface area contributed by atoms with Gasteiger partial charge in [-0.2, -0.15) is 0 Å². The first-order valence-corrected chi connectivity index (χ1v) is 7.21. The van der Waals surface area contributed by atoms with E-state index >= 15 is 0 Å². The van der Waals surface area contributed by atoms with Gasteiger partial charge in [0.05, 0.1) is 10.5 Å². The maximum atomic E-state index is 6.29. The van der Waals surface area contributed by atoms with E-state index in [9.17, 15) is 0 Å². The minimum atomic E-state index is 0.605. The van der Waals surface area contributed by atoms with Gasteiger partial charge >= 0.3 is 0 Å². The van der Waals surface area contributed by atoms with E-state index in [0.717, 1.165) is 22.3 Å². The molecule has 0 saturated heterocycles. The largest absolute Gasteiger partial charge is 0.290 e. The molecule has 0 atom stereocenters. The Hall–Kier alpha value is -2.72. The van der Waals surface area contributed by atoms with Gasteiger partial charge in [-0.25, -0.2) is 15.0 Å². The van der Waals surface area contributed by atoms with Crippen LogP contribution in [0.2, 0.25) is 5.02 Å². The molecule has 0 N–H and O–H groups in total. The molecule has 2 aromatic heterocycles. The molecule has 0 fully saturated rings. The highest BCUT2D eigenvalue weighted by Gasteiger charge is 2.12. The van der Waals surface area contributed by atoms with Crippen LogP contribution in [-0.2, 0) is 0 Å². The minimum Gasteiger partial charge on any atom is -0.290 e. The van der Waals surface area contributed by atoms with Gasteiger partial charge in [0.25, 0.3) is 0 Å². The van der Waals surface area contributed by atoms with Gasteiger partial charge in [0.15, 0.2) is 5.82 Å². The SMILES string of the molecule is Clc1ccccc1-c1nc(-n2ccnc2)c2ccccc2n1. The Morgan fingerprint density at radius 3 is 2.55 bits per heavy atom. The standard InChI is InChI=1S/C17H11ClN4/c18-14-7-3-1-5-12(14)16-20-15-8-4-2-6-13(15)17(21-16)22-10-9-19-11-22/h1-11H. The van der Waals surface area contributed by atoms with Crippen LogP contribution >= 0.6 is 11.6 Å². The van der Waals surface area contributed by atoms with Crippen LogP contribution in [0.4, 0.5) is 0 Å². The van der Waals surface area contributed by atoms with Crippen molar-refractivity contribution in [2.24, 2.45) is 0 Å². The zero-order valence-corrected chi connectivity index (χ0v) is 12.3. The lowest BCUT2D eigenvalue weighted by molar-refractivity contribution is 0.997. The second-order valence-electron chi connectivity index (χ2n) is 4.84. The molecule has 0 amide bonds. The molecule has 4 nitrogen and oxygen atoms in total. The lowest BCUT2D eigenvalue weighted by Gasteiger charge is -2.10. The second kappa shape index (κ2) is 5.24. The summed E-state index contributed by atoms with van der Waals surface area (Å²) < 4.78 is 1.88. The van der Waals surface area contributed by atoms with E-state index in [2.05, 4.69) is 9.97 Å². The molecule has 0 bridgehead atoms. The molecule has 0 spiro atoms. The van der Waals surface area contributed by atoms with Crippen molar-refractivity contribution in [3.63, 3.8) is 0 Å². The zero-order valence-electron chi connectivity index (χ0n) is 11.5. The summed E-state index contributed by atoms with van der Waals surface area (Å²) in [6.45, 7) is 0. The van der Waals surface area contributed by atoms with Gasteiger partial charge in [0.2, 0.25) is 0 Å². The van der Waals surface area contributed by atoms with E-state index in [1.165, 1.54) is 0 Å². The Labute approximate surface area is 132 Å². The van der Waals surface area contributed by atoms with Crippen LogP contribution in [0, 0.1) is 0 Å². The molecule has 0 radical (unpaired) electrons. The fourth-order valence-corrected chi connectivity index (χ4v) is 2.62. The average Bonchev–Trinajstić information content (AvgIpc) is 3.08. The molecule has 5 heteroatoms. The number of fused-ring (bicyclic) bond motifs is 1. The maximum absolute atomic E-state index is 6.29. The number of hydrogen-bond donors (Lipinski definition) is 0. The fourth-order valence-electron chi connectivity index (χ4n) is 2.40. The fraction of sp³-hybridized carbons (Fsp3) is 0. The monoisotopic (exact) mass is 306 g/mol. The Bertz CT molecular complexity index is 948. The molecule has 2 heterocycles. The Morgan fingerprint density at radius 2 is 1.73 bits per heavy atom. The van der Waals surface area contributed by atoms with E-state index < -0.39 is 0 Å². The van der Waals surface area contributed by atoms with Gasteiger partial charge in [-0.3, -0.25) is 4.57 Å². The molecule has 4 rings (SSSR count). The van der Waals surface area contributed by atoms with Crippen LogP contribution in [0.15, 0.2) is 67.3 Å². The first-order valence-electron chi connectivity index (χ1n) is 6.83. The van der Waals surface area contributed by atoms with Crippen molar-refractivity contribution >= 4 is 22.5 Å². The third kappa shape index (κ3) is 2.14. The summed E-state index contributed by atoms with van der Waals surface area (Å²) in [6, 6.07) is 15.5. The highest BCUT2D eigenvalue weighted by Crippen LogP contribution is 2.28. The normalized spacial score (nSPS) is 11.0. The number of hydrogen-bond acceptors (Lipinski definition) is 3. The van der Waals surface area contributed by atoms with E-state index in [1.807, 2.05) is 59.3 Å². The molecule has 2 aromatic carbocycles. The molecular weight excluding hydrogens is 296 g/mol. The van der Waals surface area contributed by atoms with Gasteiger partial charge in [-0.05, 0) is 24.3 Å². The quantitative estimate of drug-likeness (QED) is 0.559. The van der Waals surface area contributed by atoms with E-state index in [1.54, 1.807) is 12.5 Å². The molecule has 0 saturated carbocycles. The number of nitrogens with zero attached hydrogens (tertiary/aromatic N) is 4. The van der Waals surface area contributed by atoms with Crippen LogP contribution < -0.4 is 0 Å². The predicted molar refractivity (Wildman–Crippen MR) is 87.1 cm³/mol. The predicted octanol–water partition coefficient (Wildman–Crippen LogP) is 4.14. The number of rotatable bonds is 2. The Kier molecular flexibility index (Phi) is 3.09. The number of benzene rings is 2. The van der Waals surface area contributed by atoms with Crippen molar-refractivity contribution in [2.75, 3.05) is 0 Å². The first kappa shape index (κ1) is 13.0. The summed E-state index contributed by atoms with van der Waals surface area (Å²) in [4.78, 5) is 13.5. The topological polar surface area (TPSA) is 43.6 Å². The van der Waals surface area contributed by atoms with E-state index in [4.69, 9.17) is 16.6 Å². The van der Waals surface area contributed by atoms with Crippen molar-refractivity contribution in [3.8, 4) is 17.2 Å². The average molecular weight is 307 g/mol. The summed E-state index contributed by atoms with van der Waals surface area (Å²) in [7, 11) is 0. The molecule has 22 heavy (non-hydrogen) atoms. The summed E-state index contributed by atoms with van der Waals surface area (Å²) >= 11 is 6.29. The second-order valence-corrected chi connectivity index (χ2v) is 5.24. The zero-order chi connectivity index (χ0) is 14.9. The van der Waals surface area contributed by atoms with Crippen LogP contribution in [0.1, 0.15) is 0 Å². The van der Waals surface area contributed by atoms with E-state index in [0.29, 0.717) is 10.8 Å². The van der Waals surface area contributed by atoms with Crippen LogP contribution in [0.25, 0.3) is 28.1 Å². The van der Waals surface area contributed by atoms with Crippen LogP contribution in [-0.4, -0.2) is 19.5 Å². The highest BCUT2D eigenvalue weighted by atomic mass is 35.5. The van der Waals surface area contributed by atoms with Gasteiger partial charge in [0.1, 0.15) is 12.1 Å². The van der Waals surface area contributed by atoms with Crippen LogP contribution in [0.3, 0.4) is 0 Å². The smallest absolute Gasteiger partial charge is 0.163 e. The molecule has 0 unspecified atom stereocenters. The number of aromatic nitrogens is 4. The number of halogens is 1. The Morgan fingerprint density at radius 1 is 0.909 bits per heavy atom.